The Kier molecular flexibility index (Phi) is 7.46. The van der Waals surface area contributed by atoms with Crippen LogP contribution in [0, 0.1) is 29.1 Å². The van der Waals surface area contributed by atoms with Gasteiger partial charge in [0.25, 0.3) is 5.91 Å². The van der Waals surface area contributed by atoms with Gasteiger partial charge in [-0.1, -0.05) is 39.0 Å². The van der Waals surface area contributed by atoms with Gasteiger partial charge in [0.2, 0.25) is 5.91 Å². The maximum atomic E-state index is 13.0. The van der Waals surface area contributed by atoms with Crippen LogP contribution in [0.5, 0.6) is 0 Å². The summed E-state index contributed by atoms with van der Waals surface area (Å²) in [5.74, 6) is 0.110. The number of aliphatic hydroxyl groups is 1. The average Bonchev–Trinajstić information content (AvgIpc) is 2.76. The first kappa shape index (κ1) is 23.8. The van der Waals surface area contributed by atoms with Crippen molar-refractivity contribution in [3.05, 3.63) is 35.9 Å². The van der Waals surface area contributed by atoms with Gasteiger partial charge in [0, 0.05) is 30.6 Å². The number of nitrogens with zero attached hydrogens (tertiary/aromatic N) is 1. The van der Waals surface area contributed by atoms with E-state index >= 15 is 0 Å². The molecule has 0 aromatic heterocycles. The van der Waals surface area contributed by atoms with Gasteiger partial charge in [-0.2, -0.15) is 0 Å². The molecular weight excluding hydrogens is 388 g/mol. The van der Waals surface area contributed by atoms with Gasteiger partial charge in [0.15, 0.2) is 0 Å². The summed E-state index contributed by atoms with van der Waals surface area (Å²) < 4.78 is 0. The lowest BCUT2D eigenvalue weighted by Gasteiger charge is -2.56. The quantitative estimate of drug-likeness (QED) is 0.716. The molecule has 2 aliphatic rings. The predicted octanol–water partition coefficient (Wildman–Crippen LogP) is 4.11. The fraction of sp³-hybridized carbons (Fsp3) is 0.692. The van der Waals surface area contributed by atoms with E-state index in [1.54, 1.807) is 0 Å². The van der Waals surface area contributed by atoms with E-state index in [2.05, 4.69) is 19.2 Å². The Balaban J connectivity index is 1.75. The summed E-state index contributed by atoms with van der Waals surface area (Å²) in [6.45, 7) is 11.9. The Bertz CT molecular complexity index is 763. The van der Waals surface area contributed by atoms with E-state index in [4.69, 9.17) is 0 Å². The van der Waals surface area contributed by atoms with Gasteiger partial charge in [-0.15, -0.1) is 0 Å². The number of rotatable bonds is 6. The lowest BCUT2D eigenvalue weighted by Crippen LogP contribution is -2.58. The Morgan fingerprint density at radius 3 is 2.39 bits per heavy atom. The van der Waals surface area contributed by atoms with Crippen LogP contribution in [-0.2, 0) is 4.79 Å². The number of carbonyl (C=O) groups excluding carboxylic acids is 2. The van der Waals surface area contributed by atoms with Crippen molar-refractivity contribution in [2.75, 3.05) is 13.1 Å². The van der Waals surface area contributed by atoms with Gasteiger partial charge in [-0.3, -0.25) is 9.59 Å². The second kappa shape index (κ2) is 9.72. The van der Waals surface area contributed by atoms with E-state index in [1.807, 2.05) is 56.0 Å². The van der Waals surface area contributed by atoms with Gasteiger partial charge in [0.1, 0.15) is 0 Å². The molecule has 7 atom stereocenters. The van der Waals surface area contributed by atoms with E-state index in [9.17, 15) is 14.7 Å². The SMILES string of the molecule is CCN(CC)C(=O)[C@@H](C)[C@H]1CC[C@@]2(C)CC[C@H](NC(=O)c3ccccc3)[C@@H](C)[C@@H]2[C@H]1O. The molecule has 0 aliphatic heterocycles. The molecule has 5 heteroatoms. The Hall–Kier alpha value is -1.88. The van der Waals surface area contributed by atoms with Crippen molar-refractivity contribution in [1.29, 1.82) is 0 Å². The van der Waals surface area contributed by atoms with E-state index in [0.717, 1.165) is 25.7 Å². The number of hydrogen-bond acceptors (Lipinski definition) is 3. The van der Waals surface area contributed by atoms with E-state index in [1.165, 1.54) is 0 Å². The first-order valence-electron chi connectivity index (χ1n) is 12.1. The van der Waals surface area contributed by atoms with Crippen molar-refractivity contribution in [3.8, 4) is 0 Å². The molecular formula is C26H40N2O3. The topological polar surface area (TPSA) is 69.6 Å². The molecule has 1 aromatic carbocycles. The van der Waals surface area contributed by atoms with Crippen molar-refractivity contribution < 1.29 is 14.7 Å². The molecule has 2 fully saturated rings. The summed E-state index contributed by atoms with van der Waals surface area (Å²) >= 11 is 0. The molecule has 172 valence electrons. The Morgan fingerprint density at radius 2 is 1.77 bits per heavy atom. The summed E-state index contributed by atoms with van der Waals surface area (Å²) in [6.07, 6.45) is 3.30. The fourth-order valence-corrected chi connectivity index (χ4v) is 6.35. The highest BCUT2D eigenvalue weighted by atomic mass is 16.3. The number of hydrogen-bond donors (Lipinski definition) is 2. The van der Waals surface area contributed by atoms with Crippen molar-refractivity contribution in [1.82, 2.24) is 10.2 Å². The number of carbonyl (C=O) groups is 2. The van der Waals surface area contributed by atoms with Crippen molar-refractivity contribution in [2.45, 2.75) is 72.4 Å². The van der Waals surface area contributed by atoms with Crippen molar-refractivity contribution >= 4 is 11.8 Å². The van der Waals surface area contributed by atoms with Gasteiger partial charge in [0.05, 0.1) is 6.10 Å². The molecule has 0 heterocycles. The first-order chi connectivity index (χ1) is 14.7. The third-order valence-corrected chi connectivity index (χ3v) is 8.35. The maximum absolute atomic E-state index is 13.0. The third kappa shape index (κ3) is 4.67. The number of benzene rings is 1. The molecule has 5 nitrogen and oxygen atoms in total. The summed E-state index contributed by atoms with van der Waals surface area (Å²) in [7, 11) is 0. The molecule has 0 saturated heterocycles. The van der Waals surface area contributed by atoms with Crippen LogP contribution in [0.15, 0.2) is 30.3 Å². The molecule has 0 bridgehead atoms. The van der Waals surface area contributed by atoms with Gasteiger partial charge >= 0.3 is 0 Å². The number of nitrogens with one attached hydrogen (secondary N) is 1. The minimum Gasteiger partial charge on any atom is -0.392 e. The predicted molar refractivity (Wildman–Crippen MR) is 124 cm³/mol. The highest BCUT2D eigenvalue weighted by molar-refractivity contribution is 5.94. The van der Waals surface area contributed by atoms with Gasteiger partial charge in [-0.25, -0.2) is 0 Å². The molecule has 2 N–H and O–H groups in total. The van der Waals surface area contributed by atoms with Crippen LogP contribution >= 0.6 is 0 Å². The minimum absolute atomic E-state index is 0.0304. The monoisotopic (exact) mass is 428 g/mol. The third-order valence-electron chi connectivity index (χ3n) is 8.35. The first-order valence-corrected chi connectivity index (χ1v) is 12.1. The lowest BCUT2D eigenvalue weighted by molar-refractivity contribution is -0.149. The second-order valence-corrected chi connectivity index (χ2v) is 10.0. The van der Waals surface area contributed by atoms with Crippen LogP contribution in [0.25, 0.3) is 0 Å². The van der Waals surface area contributed by atoms with Crippen LogP contribution in [0.1, 0.15) is 70.7 Å². The Morgan fingerprint density at radius 1 is 1.16 bits per heavy atom. The van der Waals surface area contributed by atoms with E-state index < -0.39 is 6.10 Å². The second-order valence-electron chi connectivity index (χ2n) is 10.0. The average molecular weight is 429 g/mol. The van der Waals surface area contributed by atoms with Crippen molar-refractivity contribution in [2.24, 2.45) is 29.1 Å². The van der Waals surface area contributed by atoms with Crippen LogP contribution in [0.4, 0.5) is 0 Å². The Labute approximate surface area is 187 Å². The molecule has 31 heavy (non-hydrogen) atoms. The number of fused-ring (bicyclic) bond motifs is 1. The fourth-order valence-electron chi connectivity index (χ4n) is 6.35. The normalized spacial score (nSPS) is 33.8. The zero-order valence-electron chi connectivity index (χ0n) is 19.8. The van der Waals surface area contributed by atoms with E-state index in [0.29, 0.717) is 18.7 Å². The summed E-state index contributed by atoms with van der Waals surface area (Å²) in [5, 5.41) is 14.8. The molecule has 2 aliphatic carbocycles. The zero-order valence-corrected chi connectivity index (χ0v) is 19.8. The molecule has 0 radical (unpaired) electrons. The smallest absolute Gasteiger partial charge is 0.251 e. The van der Waals surface area contributed by atoms with Gasteiger partial charge in [-0.05, 0) is 74.8 Å². The summed E-state index contributed by atoms with van der Waals surface area (Å²) in [4.78, 5) is 27.6. The number of aliphatic hydroxyl groups excluding tert-OH is 1. The van der Waals surface area contributed by atoms with Crippen LogP contribution < -0.4 is 5.32 Å². The highest BCUT2D eigenvalue weighted by Crippen LogP contribution is 2.55. The summed E-state index contributed by atoms with van der Waals surface area (Å²) in [5.41, 5.74) is 0.727. The highest BCUT2D eigenvalue weighted by Gasteiger charge is 2.54. The number of amides is 2. The van der Waals surface area contributed by atoms with E-state index in [-0.39, 0.29) is 46.9 Å². The molecule has 2 saturated carbocycles. The minimum atomic E-state index is -0.528. The standard InChI is InChI=1S/C26H40N2O3/c1-6-28(7-2)25(31)17(3)20-13-15-26(5)16-14-21(18(4)22(26)23(20)29)27-24(30)19-11-9-8-10-12-19/h8-12,17-18,20-23,29H,6-7,13-16H2,1-5H3,(H,27,30)/t17-,18+,20+,21-,22+,23-,26-/m0/s1. The summed E-state index contributed by atoms with van der Waals surface area (Å²) in [6, 6.07) is 9.36. The molecule has 1 aromatic rings. The largest absolute Gasteiger partial charge is 0.392 e. The van der Waals surface area contributed by atoms with Crippen LogP contribution in [0.2, 0.25) is 0 Å². The van der Waals surface area contributed by atoms with Crippen molar-refractivity contribution in [3.63, 3.8) is 0 Å². The molecule has 3 rings (SSSR count). The molecule has 0 spiro atoms. The van der Waals surface area contributed by atoms with Crippen LogP contribution in [0.3, 0.4) is 0 Å². The zero-order chi connectivity index (χ0) is 22.8. The van der Waals surface area contributed by atoms with Gasteiger partial charge < -0.3 is 15.3 Å². The lowest BCUT2D eigenvalue weighted by atomic mass is 9.51. The maximum Gasteiger partial charge on any atom is 0.251 e. The molecule has 2 amide bonds. The van der Waals surface area contributed by atoms with Crippen LogP contribution in [-0.4, -0.2) is 47.1 Å². The molecule has 0 unspecified atom stereocenters.